The predicted octanol–water partition coefficient (Wildman–Crippen LogP) is 4.20. The van der Waals surface area contributed by atoms with Crippen molar-refractivity contribution in [2.24, 2.45) is 23.2 Å². The normalized spacial score (nSPS) is 45.6. The molecule has 0 amide bonds. The van der Waals surface area contributed by atoms with Crippen molar-refractivity contribution in [3.05, 3.63) is 23.0 Å². The fraction of sp³-hybridized carbons (Fsp3) is 0.789. The molecule has 0 aliphatic heterocycles. The van der Waals surface area contributed by atoms with Gasteiger partial charge >= 0.3 is 0 Å². The van der Waals surface area contributed by atoms with E-state index in [9.17, 15) is 5.11 Å². The number of methoxy groups -OCH3 is 1. The number of fused-ring (bicyclic) bond motifs is 4. The zero-order chi connectivity index (χ0) is 14.6. The molecule has 1 N–H and O–H groups in total. The van der Waals surface area contributed by atoms with Crippen LogP contribution in [0.3, 0.4) is 0 Å². The molecule has 4 aliphatic carbocycles. The van der Waals surface area contributed by atoms with Crippen LogP contribution in [0.25, 0.3) is 0 Å². The first-order chi connectivity index (χ1) is 10.1. The highest BCUT2D eigenvalue weighted by molar-refractivity contribution is 5.32. The van der Waals surface area contributed by atoms with E-state index in [2.05, 4.69) is 13.0 Å². The van der Waals surface area contributed by atoms with Crippen LogP contribution in [0.2, 0.25) is 0 Å². The zero-order valence-electron chi connectivity index (χ0n) is 13.4. The molecular weight excluding hydrogens is 260 g/mol. The monoisotopic (exact) mass is 288 g/mol. The number of aliphatic hydroxyl groups excluding tert-OH is 1. The molecule has 0 aromatic heterocycles. The average Bonchev–Trinajstić information content (AvgIpc) is 2.82. The topological polar surface area (TPSA) is 29.5 Å². The number of hydrogen-bond donors (Lipinski definition) is 1. The number of aliphatic hydroxyl groups is 1. The van der Waals surface area contributed by atoms with Crippen molar-refractivity contribution in [2.75, 3.05) is 7.11 Å². The van der Waals surface area contributed by atoms with E-state index in [0.29, 0.717) is 0 Å². The largest absolute Gasteiger partial charge is 0.501 e. The van der Waals surface area contributed by atoms with Crippen molar-refractivity contribution < 1.29 is 9.84 Å². The van der Waals surface area contributed by atoms with Gasteiger partial charge in [-0.15, -0.1) is 0 Å². The molecule has 0 bridgehead atoms. The predicted molar refractivity (Wildman–Crippen MR) is 83.6 cm³/mol. The minimum Gasteiger partial charge on any atom is -0.501 e. The quantitative estimate of drug-likeness (QED) is 0.733. The standard InChI is InChI=1S/C19H28O2/c1-19-10-9-15-14-6-4-13(21-2)11-12(14)3-5-16(15)17(19)7-8-18(19)20/h4,15-18,20H,3,5-11H2,1-2H3/t15-,16-,17+,18?,19+/m1/s1. The summed E-state index contributed by atoms with van der Waals surface area (Å²) in [4.78, 5) is 0. The van der Waals surface area contributed by atoms with Crippen LogP contribution in [-0.2, 0) is 4.74 Å². The Hall–Kier alpha value is -0.760. The smallest absolute Gasteiger partial charge is 0.0959 e. The van der Waals surface area contributed by atoms with Crippen molar-refractivity contribution in [3.63, 3.8) is 0 Å². The molecule has 0 aromatic carbocycles. The van der Waals surface area contributed by atoms with Crippen molar-refractivity contribution >= 4 is 0 Å². The fourth-order valence-electron chi connectivity index (χ4n) is 6.02. The molecule has 21 heavy (non-hydrogen) atoms. The fourth-order valence-corrected chi connectivity index (χ4v) is 6.02. The Labute approximate surface area is 128 Å². The summed E-state index contributed by atoms with van der Waals surface area (Å²) in [5.41, 5.74) is 3.63. The van der Waals surface area contributed by atoms with E-state index in [1.165, 1.54) is 37.9 Å². The van der Waals surface area contributed by atoms with E-state index in [1.54, 1.807) is 18.3 Å². The lowest BCUT2D eigenvalue weighted by molar-refractivity contribution is -0.0312. The summed E-state index contributed by atoms with van der Waals surface area (Å²) < 4.78 is 5.47. The Bertz CT molecular complexity index is 504. The lowest BCUT2D eigenvalue weighted by atomic mass is 9.54. The maximum atomic E-state index is 10.4. The molecule has 1 unspecified atom stereocenters. The van der Waals surface area contributed by atoms with Gasteiger partial charge in [0.1, 0.15) is 0 Å². The first-order valence-corrected chi connectivity index (χ1v) is 8.75. The summed E-state index contributed by atoms with van der Waals surface area (Å²) >= 11 is 0. The summed E-state index contributed by atoms with van der Waals surface area (Å²) in [6, 6.07) is 0. The SMILES string of the molecule is COC1=CCC2=C(CC[C@@H]3[C@@H]2CC[C@]2(C)C(O)CC[C@@H]32)C1. The Kier molecular flexibility index (Phi) is 3.22. The van der Waals surface area contributed by atoms with E-state index < -0.39 is 0 Å². The van der Waals surface area contributed by atoms with Crippen LogP contribution in [0, 0.1) is 23.2 Å². The molecule has 0 saturated heterocycles. The molecule has 2 fully saturated rings. The van der Waals surface area contributed by atoms with Crippen molar-refractivity contribution in [2.45, 2.75) is 64.4 Å². The molecule has 0 spiro atoms. The first-order valence-electron chi connectivity index (χ1n) is 8.75. The molecule has 116 valence electrons. The second-order valence-corrected chi connectivity index (χ2v) is 7.94. The van der Waals surface area contributed by atoms with Gasteiger partial charge in [0.15, 0.2) is 0 Å². The summed E-state index contributed by atoms with van der Waals surface area (Å²) in [5, 5.41) is 10.4. The van der Waals surface area contributed by atoms with Gasteiger partial charge in [-0.2, -0.15) is 0 Å². The Morgan fingerprint density at radius 1 is 1.24 bits per heavy atom. The van der Waals surface area contributed by atoms with E-state index >= 15 is 0 Å². The number of rotatable bonds is 1. The second kappa shape index (κ2) is 4.87. The lowest BCUT2D eigenvalue weighted by Gasteiger charge is -2.51. The van der Waals surface area contributed by atoms with Crippen molar-refractivity contribution in [3.8, 4) is 0 Å². The summed E-state index contributed by atoms with van der Waals surface area (Å²) in [6.07, 6.45) is 11.8. The van der Waals surface area contributed by atoms with Gasteiger partial charge in [0, 0.05) is 6.42 Å². The molecule has 2 heteroatoms. The van der Waals surface area contributed by atoms with Crippen LogP contribution in [0.15, 0.2) is 23.0 Å². The molecular formula is C19H28O2. The molecule has 4 aliphatic rings. The second-order valence-electron chi connectivity index (χ2n) is 7.94. The van der Waals surface area contributed by atoms with Crippen LogP contribution in [0.5, 0.6) is 0 Å². The Morgan fingerprint density at radius 2 is 2.10 bits per heavy atom. The van der Waals surface area contributed by atoms with E-state index in [0.717, 1.165) is 37.0 Å². The first kappa shape index (κ1) is 13.9. The minimum absolute atomic E-state index is 0.0508. The molecule has 0 aromatic rings. The van der Waals surface area contributed by atoms with Gasteiger partial charge in [-0.1, -0.05) is 18.1 Å². The molecule has 0 heterocycles. The third-order valence-electron chi connectivity index (χ3n) is 7.27. The highest BCUT2D eigenvalue weighted by Gasteiger charge is 2.54. The highest BCUT2D eigenvalue weighted by Crippen LogP contribution is 2.61. The number of allylic oxidation sites excluding steroid dienone is 3. The third kappa shape index (κ3) is 1.94. The Morgan fingerprint density at radius 3 is 2.90 bits per heavy atom. The highest BCUT2D eigenvalue weighted by atomic mass is 16.5. The zero-order valence-corrected chi connectivity index (χ0v) is 13.4. The summed E-state index contributed by atoms with van der Waals surface area (Å²) in [7, 11) is 1.80. The van der Waals surface area contributed by atoms with Crippen molar-refractivity contribution in [1.82, 2.24) is 0 Å². The molecule has 2 saturated carbocycles. The van der Waals surface area contributed by atoms with Gasteiger partial charge in [-0.05, 0) is 74.2 Å². The van der Waals surface area contributed by atoms with E-state index in [4.69, 9.17) is 4.74 Å². The summed E-state index contributed by atoms with van der Waals surface area (Å²) in [6.45, 7) is 2.36. The average molecular weight is 288 g/mol. The third-order valence-corrected chi connectivity index (χ3v) is 7.27. The maximum absolute atomic E-state index is 10.4. The Balaban J connectivity index is 1.61. The van der Waals surface area contributed by atoms with Crippen molar-refractivity contribution in [1.29, 1.82) is 0 Å². The van der Waals surface area contributed by atoms with Crippen LogP contribution in [-0.4, -0.2) is 18.3 Å². The number of ether oxygens (including phenoxy) is 1. The van der Waals surface area contributed by atoms with E-state index in [1.807, 2.05) is 0 Å². The van der Waals surface area contributed by atoms with Gasteiger partial charge in [0.2, 0.25) is 0 Å². The lowest BCUT2D eigenvalue weighted by Crippen LogP contribution is -2.45. The maximum Gasteiger partial charge on any atom is 0.0959 e. The van der Waals surface area contributed by atoms with Crippen LogP contribution < -0.4 is 0 Å². The molecule has 5 atom stereocenters. The van der Waals surface area contributed by atoms with Gasteiger partial charge < -0.3 is 9.84 Å². The van der Waals surface area contributed by atoms with Gasteiger partial charge in [0.05, 0.1) is 19.0 Å². The van der Waals surface area contributed by atoms with Crippen LogP contribution in [0.4, 0.5) is 0 Å². The van der Waals surface area contributed by atoms with Crippen LogP contribution >= 0.6 is 0 Å². The van der Waals surface area contributed by atoms with Gasteiger partial charge in [-0.25, -0.2) is 0 Å². The minimum atomic E-state index is -0.0508. The molecule has 0 radical (unpaired) electrons. The van der Waals surface area contributed by atoms with Gasteiger partial charge in [0.25, 0.3) is 0 Å². The van der Waals surface area contributed by atoms with Gasteiger partial charge in [-0.3, -0.25) is 0 Å². The van der Waals surface area contributed by atoms with E-state index in [-0.39, 0.29) is 11.5 Å². The molecule has 2 nitrogen and oxygen atoms in total. The summed E-state index contributed by atoms with van der Waals surface area (Å²) in [5.74, 6) is 3.56. The van der Waals surface area contributed by atoms with Crippen LogP contribution in [0.1, 0.15) is 58.3 Å². The molecule has 4 rings (SSSR count). The number of hydrogen-bond acceptors (Lipinski definition) is 2.